The lowest BCUT2D eigenvalue weighted by Gasteiger charge is -2.26. The number of aryl methyl sites for hydroxylation is 2. The third-order valence-corrected chi connectivity index (χ3v) is 4.88. The van der Waals surface area contributed by atoms with Crippen LogP contribution in [0.4, 0.5) is 0 Å². The lowest BCUT2D eigenvalue weighted by Crippen LogP contribution is -2.41. The number of carbonyl (C=O) groups excluding carboxylic acids is 1. The highest BCUT2D eigenvalue weighted by atomic mass is 16.5. The fourth-order valence-electron chi connectivity index (χ4n) is 3.22. The van der Waals surface area contributed by atoms with Gasteiger partial charge in [-0.1, -0.05) is 6.07 Å². The first-order chi connectivity index (χ1) is 13.7. The molecule has 3 rings (SSSR count). The van der Waals surface area contributed by atoms with Gasteiger partial charge in [0.2, 0.25) is 11.8 Å². The van der Waals surface area contributed by atoms with E-state index in [0.717, 1.165) is 68.5 Å². The molecule has 2 heterocycles. The molecule has 0 atom stereocenters. The maximum absolute atomic E-state index is 12.0. The Bertz CT molecular complexity index is 769. The van der Waals surface area contributed by atoms with Crippen LogP contribution < -0.4 is 10.1 Å². The topological polar surface area (TPSA) is 76.8 Å². The van der Waals surface area contributed by atoms with Gasteiger partial charge in [-0.3, -0.25) is 9.69 Å². The number of amides is 1. The van der Waals surface area contributed by atoms with Gasteiger partial charge in [-0.05, 0) is 38.0 Å². The number of rotatable bonds is 9. The van der Waals surface area contributed by atoms with Gasteiger partial charge in [0.15, 0.2) is 0 Å². The molecule has 1 aliphatic heterocycles. The second kappa shape index (κ2) is 10.2. The smallest absolute Gasteiger partial charge is 0.226 e. The van der Waals surface area contributed by atoms with Crippen LogP contribution in [0.25, 0.3) is 11.5 Å². The molecule has 7 heteroatoms. The van der Waals surface area contributed by atoms with Gasteiger partial charge < -0.3 is 19.2 Å². The van der Waals surface area contributed by atoms with Crippen LogP contribution in [0.15, 0.2) is 28.7 Å². The van der Waals surface area contributed by atoms with Crippen molar-refractivity contribution in [3.63, 3.8) is 0 Å². The molecule has 1 N–H and O–H groups in total. The van der Waals surface area contributed by atoms with E-state index < -0.39 is 0 Å². The third-order valence-electron chi connectivity index (χ3n) is 4.88. The van der Waals surface area contributed by atoms with Crippen molar-refractivity contribution >= 4 is 5.91 Å². The van der Waals surface area contributed by atoms with Crippen LogP contribution in [0, 0.1) is 6.92 Å². The molecule has 0 radical (unpaired) electrons. The van der Waals surface area contributed by atoms with Crippen LogP contribution in [-0.4, -0.2) is 62.3 Å². The lowest BCUT2D eigenvalue weighted by atomic mass is 10.1. The molecule has 152 valence electrons. The minimum Gasteiger partial charge on any atom is -0.497 e. The molecule has 0 spiro atoms. The number of aromatic nitrogens is 1. The van der Waals surface area contributed by atoms with E-state index in [-0.39, 0.29) is 5.91 Å². The summed E-state index contributed by atoms with van der Waals surface area (Å²) >= 11 is 0. The number of morpholine rings is 1. The minimum absolute atomic E-state index is 0.0856. The van der Waals surface area contributed by atoms with Gasteiger partial charge in [0, 0.05) is 38.2 Å². The van der Waals surface area contributed by atoms with Gasteiger partial charge in [0.05, 0.1) is 26.0 Å². The van der Waals surface area contributed by atoms with E-state index in [4.69, 9.17) is 13.9 Å². The maximum Gasteiger partial charge on any atom is 0.226 e. The molecule has 1 amide bonds. The molecule has 0 saturated carbocycles. The van der Waals surface area contributed by atoms with Crippen molar-refractivity contribution in [1.29, 1.82) is 0 Å². The first-order valence-corrected chi connectivity index (χ1v) is 9.83. The Kier molecular flexibility index (Phi) is 7.45. The number of ether oxygens (including phenoxy) is 2. The highest BCUT2D eigenvalue weighted by Crippen LogP contribution is 2.25. The predicted octanol–water partition coefficient (Wildman–Crippen LogP) is 2.43. The molecule has 1 aliphatic rings. The molecule has 0 unspecified atom stereocenters. The summed E-state index contributed by atoms with van der Waals surface area (Å²) in [5.74, 6) is 2.23. The number of benzene rings is 1. The van der Waals surface area contributed by atoms with Crippen molar-refractivity contribution in [2.45, 2.75) is 26.2 Å². The zero-order valence-corrected chi connectivity index (χ0v) is 16.7. The van der Waals surface area contributed by atoms with Crippen LogP contribution in [-0.2, 0) is 16.0 Å². The highest BCUT2D eigenvalue weighted by Gasteiger charge is 2.13. The fraction of sp³-hybridized carbons (Fsp3) is 0.524. The normalized spacial score (nSPS) is 14.8. The van der Waals surface area contributed by atoms with E-state index in [1.807, 2.05) is 31.2 Å². The van der Waals surface area contributed by atoms with Crippen LogP contribution in [0.2, 0.25) is 0 Å². The molecule has 28 heavy (non-hydrogen) atoms. The second-order valence-electron chi connectivity index (χ2n) is 6.91. The number of carbonyl (C=O) groups is 1. The summed E-state index contributed by atoms with van der Waals surface area (Å²) in [5.41, 5.74) is 1.79. The Balaban J connectivity index is 1.42. The summed E-state index contributed by atoms with van der Waals surface area (Å²) in [4.78, 5) is 19.0. The van der Waals surface area contributed by atoms with Crippen LogP contribution in [0.1, 0.15) is 24.3 Å². The van der Waals surface area contributed by atoms with Crippen molar-refractivity contribution in [2.75, 3.05) is 46.5 Å². The predicted molar refractivity (Wildman–Crippen MR) is 106 cm³/mol. The van der Waals surface area contributed by atoms with Crippen molar-refractivity contribution in [3.05, 3.63) is 35.7 Å². The molecule has 1 aromatic heterocycles. The third kappa shape index (κ3) is 5.81. The summed E-state index contributed by atoms with van der Waals surface area (Å²) in [6.07, 6.45) is 1.95. The van der Waals surface area contributed by atoms with Gasteiger partial charge in [-0.25, -0.2) is 4.98 Å². The Hall–Kier alpha value is -2.38. The quantitative estimate of drug-likeness (QED) is 0.712. The van der Waals surface area contributed by atoms with Gasteiger partial charge in [0.25, 0.3) is 0 Å². The Morgan fingerprint density at radius 1 is 1.32 bits per heavy atom. The lowest BCUT2D eigenvalue weighted by molar-refractivity contribution is -0.121. The van der Waals surface area contributed by atoms with Crippen molar-refractivity contribution in [2.24, 2.45) is 0 Å². The highest BCUT2D eigenvalue weighted by molar-refractivity contribution is 5.75. The van der Waals surface area contributed by atoms with Crippen molar-refractivity contribution in [1.82, 2.24) is 15.2 Å². The molecule has 1 saturated heterocycles. The summed E-state index contributed by atoms with van der Waals surface area (Å²) in [6, 6.07) is 7.64. The number of nitrogens with zero attached hydrogens (tertiary/aromatic N) is 2. The molecular weight excluding hydrogens is 358 g/mol. The van der Waals surface area contributed by atoms with Gasteiger partial charge in [-0.2, -0.15) is 0 Å². The number of methoxy groups -OCH3 is 1. The number of hydrogen-bond donors (Lipinski definition) is 1. The van der Waals surface area contributed by atoms with E-state index in [0.29, 0.717) is 18.9 Å². The van der Waals surface area contributed by atoms with Crippen LogP contribution in [0.3, 0.4) is 0 Å². The van der Waals surface area contributed by atoms with Crippen LogP contribution >= 0.6 is 0 Å². The molecule has 1 aromatic carbocycles. The molecule has 0 bridgehead atoms. The van der Waals surface area contributed by atoms with E-state index in [2.05, 4.69) is 15.2 Å². The largest absolute Gasteiger partial charge is 0.497 e. The summed E-state index contributed by atoms with van der Waals surface area (Å²) < 4.78 is 16.4. The van der Waals surface area contributed by atoms with Crippen molar-refractivity contribution in [3.8, 4) is 17.2 Å². The van der Waals surface area contributed by atoms with Crippen LogP contribution in [0.5, 0.6) is 5.75 Å². The van der Waals surface area contributed by atoms with Gasteiger partial charge in [0.1, 0.15) is 11.5 Å². The average Bonchev–Trinajstić information content (AvgIpc) is 3.09. The summed E-state index contributed by atoms with van der Waals surface area (Å²) in [7, 11) is 1.64. The molecular formula is C21H29N3O4. The first-order valence-electron chi connectivity index (χ1n) is 9.83. The van der Waals surface area contributed by atoms with E-state index in [1.54, 1.807) is 7.11 Å². The molecule has 2 aromatic rings. The fourth-order valence-corrected chi connectivity index (χ4v) is 3.22. The minimum atomic E-state index is 0.0856. The number of oxazole rings is 1. The molecule has 0 aliphatic carbocycles. The second-order valence-corrected chi connectivity index (χ2v) is 6.91. The zero-order valence-electron chi connectivity index (χ0n) is 16.7. The standard InChI is InChI=1S/C21H29N3O4/c1-16-19(23-21(28-16)17-5-3-6-18(15-17)26-2)7-4-8-20(25)22-9-10-24-11-13-27-14-12-24/h3,5-6,15H,4,7-14H2,1-2H3,(H,22,25). The Labute approximate surface area is 166 Å². The molecule has 7 nitrogen and oxygen atoms in total. The number of hydrogen-bond acceptors (Lipinski definition) is 6. The molecule has 1 fully saturated rings. The monoisotopic (exact) mass is 387 g/mol. The van der Waals surface area contributed by atoms with E-state index in [1.165, 1.54) is 0 Å². The number of nitrogens with one attached hydrogen (secondary N) is 1. The summed E-state index contributed by atoms with van der Waals surface area (Å²) in [5, 5.41) is 3.00. The van der Waals surface area contributed by atoms with E-state index >= 15 is 0 Å². The summed E-state index contributed by atoms with van der Waals surface area (Å²) in [6.45, 7) is 6.91. The Morgan fingerprint density at radius 3 is 2.93 bits per heavy atom. The van der Waals surface area contributed by atoms with Gasteiger partial charge >= 0.3 is 0 Å². The maximum atomic E-state index is 12.0. The van der Waals surface area contributed by atoms with E-state index in [9.17, 15) is 4.79 Å². The first kappa shape index (κ1) is 20.4. The SMILES string of the molecule is COc1cccc(-c2nc(CCCC(=O)NCCN3CCOCC3)c(C)o2)c1. The average molecular weight is 387 g/mol. The Morgan fingerprint density at radius 2 is 2.14 bits per heavy atom. The van der Waals surface area contributed by atoms with Crippen molar-refractivity contribution < 1.29 is 18.7 Å². The van der Waals surface area contributed by atoms with Gasteiger partial charge in [-0.15, -0.1) is 0 Å². The zero-order chi connectivity index (χ0) is 19.8.